The Balaban J connectivity index is 1.94. The molecule has 0 aliphatic heterocycles. The summed E-state index contributed by atoms with van der Waals surface area (Å²) in [7, 11) is 0. The van der Waals surface area contributed by atoms with Gasteiger partial charge in [-0.2, -0.15) is 0 Å². The van der Waals surface area contributed by atoms with E-state index >= 15 is 0 Å². The van der Waals surface area contributed by atoms with Crippen molar-refractivity contribution >= 4 is 17.3 Å². The van der Waals surface area contributed by atoms with Crippen molar-refractivity contribution in [3.05, 3.63) is 53.6 Å². The number of ether oxygens (including phenoxy) is 1. The highest BCUT2D eigenvalue weighted by Crippen LogP contribution is 2.20. The van der Waals surface area contributed by atoms with Gasteiger partial charge >= 0.3 is 0 Å². The first-order valence-corrected chi connectivity index (χ1v) is 6.40. The number of nitrogen functional groups attached to an aromatic ring is 1. The van der Waals surface area contributed by atoms with E-state index in [0.717, 1.165) is 11.1 Å². The lowest BCUT2D eigenvalue weighted by molar-refractivity contribution is -0.118. The average Bonchev–Trinajstić information content (AvgIpc) is 2.41. The Morgan fingerprint density at radius 1 is 1.20 bits per heavy atom. The Morgan fingerprint density at radius 2 is 1.95 bits per heavy atom. The van der Waals surface area contributed by atoms with E-state index in [1.54, 1.807) is 6.07 Å². The second-order valence-electron chi connectivity index (χ2n) is 4.69. The number of carbonyl (C=O) groups excluding carboxylic acids is 1. The van der Waals surface area contributed by atoms with E-state index in [1.165, 1.54) is 0 Å². The first-order valence-electron chi connectivity index (χ1n) is 6.40. The van der Waals surface area contributed by atoms with Gasteiger partial charge in [0.15, 0.2) is 6.61 Å². The van der Waals surface area contributed by atoms with Gasteiger partial charge in [-0.15, -0.1) is 0 Å². The Bertz CT molecular complexity index is 624. The number of rotatable bonds is 4. The maximum Gasteiger partial charge on any atom is 0.262 e. The van der Waals surface area contributed by atoms with Crippen LogP contribution >= 0.6 is 0 Å². The van der Waals surface area contributed by atoms with Crippen LogP contribution in [0, 0.1) is 13.8 Å². The predicted molar refractivity (Wildman–Crippen MR) is 80.9 cm³/mol. The SMILES string of the molecule is Cc1ccc(NC(=O)COc2ccccc2C)c(N)c1. The highest BCUT2D eigenvalue weighted by Gasteiger charge is 2.07. The lowest BCUT2D eigenvalue weighted by Crippen LogP contribution is -2.21. The fourth-order valence-corrected chi connectivity index (χ4v) is 1.84. The van der Waals surface area contributed by atoms with Crippen molar-refractivity contribution in [3.63, 3.8) is 0 Å². The van der Waals surface area contributed by atoms with Crippen molar-refractivity contribution in [3.8, 4) is 5.75 Å². The molecule has 1 amide bonds. The molecule has 0 unspecified atom stereocenters. The molecule has 4 heteroatoms. The Morgan fingerprint density at radius 3 is 2.65 bits per heavy atom. The smallest absolute Gasteiger partial charge is 0.262 e. The molecule has 0 atom stereocenters. The number of para-hydroxylation sites is 1. The average molecular weight is 270 g/mol. The van der Waals surface area contributed by atoms with Crippen molar-refractivity contribution in [2.75, 3.05) is 17.7 Å². The van der Waals surface area contributed by atoms with Crippen LogP contribution in [0.5, 0.6) is 5.75 Å². The number of benzene rings is 2. The number of amides is 1. The van der Waals surface area contributed by atoms with Gasteiger partial charge < -0.3 is 15.8 Å². The predicted octanol–water partition coefficient (Wildman–Crippen LogP) is 2.90. The zero-order valence-electron chi connectivity index (χ0n) is 11.6. The minimum absolute atomic E-state index is 0.0435. The number of hydrogen-bond acceptors (Lipinski definition) is 3. The first kappa shape index (κ1) is 13.9. The van der Waals surface area contributed by atoms with Gasteiger partial charge in [0.2, 0.25) is 0 Å². The van der Waals surface area contributed by atoms with Crippen molar-refractivity contribution < 1.29 is 9.53 Å². The molecule has 0 saturated heterocycles. The summed E-state index contributed by atoms with van der Waals surface area (Å²) in [6, 6.07) is 13.1. The van der Waals surface area contributed by atoms with Crippen LogP contribution in [0.25, 0.3) is 0 Å². The largest absolute Gasteiger partial charge is 0.483 e. The van der Waals surface area contributed by atoms with Crippen LogP contribution in [-0.2, 0) is 4.79 Å². The van der Waals surface area contributed by atoms with Crippen molar-refractivity contribution in [2.45, 2.75) is 13.8 Å². The molecule has 0 aliphatic rings. The van der Waals surface area contributed by atoms with Gasteiger partial charge in [-0.25, -0.2) is 0 Å². The van der Waals surface area contributed by atoms with Crippen LogP contribution < -0.4 is 15.8 Å². The zero-order chi connectivity index (χ0) is 14.5. The van der Waals surface area contributed by atoms with Gasteiger partial charge in [-0.3, -0.25) is 4.79 Å². The molecule has 0 bridgehead atoms. The van der Waals surface area contributed by atoms with Crippen LogP contribution in [0.3, 0.4) is 0 Å². The van der Waals surface area contributed by atoms with Gasteiger partial charge in [0.05, 0.1) is 11.4 Å². The van der Waals surface area contributed by atoms with Crippen molar-refractivity contribution in [1.29, 1.82) is 0 Å². The van der Waals surface area contributed by atoms with E-state index in [-0.39, 0.29) is 12.5 Å². The minimum atomic E-state index is -0.233. The van der Waals surface area contributed by atoms with E-state index < -0.39 is 0 Å². The van der Waals surface area contributed by atoms with Crippen LogP contribution in [0.2, 0.25) is 0 Å². The molecule has 104 valence electrons. The molecule has 0 heterocycles. The summed E-state index contributed by atoms with van der Waals surface area (Å²) < 4.78 is 5.48. The minimum Gasteiger partial charge on any atom is -0.483 e. The molecular formula is C16H18N2O2. The molecule has 2 rings (SSSR count). The van der Waals surface area contributed by atoms with Crippen molar-refractivity contribution in [1.82, 2.24) is 0 Å². The summed E-state index contributed by atoms with van der Waals surface area (Å²) >= 11 is 0. The third-order valence-electron chi connectivity index (χ3n) is 2.93. The number of anilines is 2. The molecule has 0 aromatic heterocycles. The molecule has 20 heavy (non-hydrogen) atoms. The van der Waals surface area contributed by atoms with E-state index in [0.29, 0.717) is 17.1 Å². The molecular weight excluding hydrogens is 252 g/mol. The lowest BCUT2D eigenvalue weighted by Gasteiger charge is -2.11. The normalized spacial score (nSPS) is 10.1. The van der Waals surface area contributed by atoms with E-state index in [4.69, 9.17) is 10.5 Å². The summed E-state index contributed by atoms with van der Waals surface area (Å²) in [5.41, 5.74) is 9.05. The summed E-state index contributed by atoms with van der Waals surface area (Å²) in [6.07, 6.45) is 0. The molecule has 0 spiro atoms. The highest BCUT2D eigenvalue weighted by molar-refractivity contribution is 5.94. The van der Waals surface area contributed by atoms with E-state index in [9.17, 15) is 4.79 Å². The maximum atomic E-state index is 11.8. The number of aryl methyl sites for hydroxylation is 2. The third-order valence-corrected chi connectivity index (χ3v) is 2.93. The summed E-state index contributed by atoms with van der Waals surface area (Å²) in [6.45, 7) is 3.84. The molecule has 4 nitrogen and oxygen atoms in total. The van der Waals surface area contributed by atoms with Gasteiger partial charge in [0, 0.05) is 0 Å². The van der Waals surface area contributed by atoms with Crippen LogP contribution in [-0.4, -0.2) is 12.5 Å². The van der Waals surface area contributed by atoms with E-state index in [2.05, 4.69) is 5.32 Å². The number of carbonyl (C=O) groups is 1. The van der Waals surface area contributed by atoms with Crippen LogP contribution in [0.15, 0.2) is 42.5 Å². The zero-order valence-corrected chi connectivity index (χ0v) is 11.6. The third kappa shape index (κ3) is 3.51. The lowest BCUT2D eigenvalue weighted by atomic mass is 10.2. The molecule has 0 saturated carbocycles. The molecule has 0 aliphatic carbocycles. The summed E-state index contributed by atoms with van der Waals surface area (Å²) in [5.74, 6) is 0.475. The number of nitrogens with two attached hydrogens (primary N) is 1. The Hall–Kier alpha value is -2.49. The molecule has 2 aromatic rings. The fourth-order valence-electron chi connectivity index (χ4n) is 1.84. The quantitative estimate of drug-likeness (QED) is 0.840. The molecule has 0 fully saturated rings. The molecule has 3 N–H and O–H groups in total. The number of hydrogen-bond donors (Lipinski definition) is 2. The topological polar surface area (TPSA) is 64.3 Å². The summed E-state index contributed by atoms with van der Waals surface area (Å²) in [4.78, 5) is 11.8. The van der Waals surface area contributed by atoms with E-state index in [1.807, 2.05) is 50.2 Å². The van der Waals surface area contributed by atoms with Gasteiger partial charge in [0.25, 0.3) is 5.91 Å². The Kier molecular flexibility index (Phi) is 4.25. The van der Waals surface area contributed by atoms with Gasteiger partial charge in [0.1, 0.15) is 5.75 Å². The highest BCUT2D eigenvalue weighted by atomic mass is 16.5. The van der Waals surface area contributed by atoms with Gasteiger partial charge in [-0.1, -0.05) is 24.3 Å². The number of nitrogens with one attached hydrogen (secondary N) is 1. The Labute approximate surface area is 118 Å². The van der Waals surface area contributed by atoms with Crippen molar-refractivity contribution in [2.24, 2.45) is 0 Å². The molecule has 0 radical (unpaired) electrons. The fraction of sp³-hybridized carbons (Fsp3) is 0.188. The maximum absolute atomic E-state index is 11.8. The first-order chi connectivity index (χ1) is 9.56. The monoisotopic (exact) mass is 270 g/mol. The van der Waals surface area contributed by atoms with Crippen LogP contribution in [0.1, 0.15) is 11.1 Å². The second kappa shape index (κ2) is 6.10. The summed E-state index contributed by atoms with van der Waals surface area (Å²) in [5, 5.41) is 2.74. The van der Waals surface area contributed by atoms with Crippen LogP contribution in [0.4, 0.5) is 11.4 Å². The van der Waals surface area contributed by atoms with Gasteiger partial charge in [-0.05, 0) is 43.2 Å². The molecule has 2 aromatic carbocycles. The standard InChI is InChI=1S/C16H18N2O2/c1-11-7-8-14(13(17)9-11)18-16(19)10-20-15-6-4-3-5-12(15)2/h3-9H,10,17H2,1-2H3,(H,18,19). The second-order valence-corrected chi connectivity index (χ2v) is 4.69.